The lowest BCUT2D eigenvalue weighted by atomic mass is 10.2. The Kier molecular flexibility index (Phi) is 5.56. The van der Waals surface area contributed by atoms with E-state index in [-0.39, 0.29) is 16.8 Å². The smallest absolute Gasteiger partial charge is 0.255 e. The molecule has 0 aromatic heterocycles. The summed E-state index contributed by atoms with van der Waals surface area (Å²) in [5.41, 5.74) is 1.04. The first-order valence-corrected chi connectivity index (χ1v) is 9.25. The summed E-state index contributed by atoms with van der Waals surface area (Å²) in [5, 5.41) is 2.73. The van der Waals surface area contributed by atoms with Crippen LogP contribution in [0.4, 0.5) is 5.69 Å². The molecule has 0 saturated heterocycles. The van der Waals surface area contributed by atoms with Crippen LogP contribution in [-0.2, 0) is 10.0 Å². The second-order valence-corrected chi connectivity index (χ2v) is 7.89. The van der Waals surface area contributed by atoms with Crippen molar-refractivity contribution in [1.82, 2.24) is 4.72 Å². The van der Waals surface area contributed by atoms with Gasteiger partial charge in [-0.25, -0.2) is 13.1 Å². The first-order valence-electron chi connectivity index (χ1n) is 6.97. The van der Waals surface area contributed by atoms with Gasteiger partial charge in [0.25, 0.3) is 5.91 Å². The highest BCUT2D eigenvalue weighted by Gasteiger charge is 2.15. The van der Waals surface area contributed by atoms with Crippen molar-refractivity contribution in [1.29, 1.82) is 0 Å². The molecule has 0 atom stereocenters. The van der Waals surface area contributed by atoms with Gasteiger partial charge in [0, 0.05) is 21.8 Å². The predicted molar refractivity (Wildman–Crippen MR) is 94.0 cm³/mol. The lowest BCUT2D eigenvalue weighted by Crippen LogP contribution is -2.30. The largest absolute Gasteiger partial charge is 0.322 e. The number of halogens is 1. The fourth-order valence-corrected chi connectivity index (χ4v) is 3.58. The first kappa shape index (κ1) is 17.7. The average molecular weight is 397 g/mol. The van der Waals surface area contributed by atoms with Gasteiger partial charge < -0.3 is 5.32 Å². The third kappa shape index (κ3) is 4.89. The van der Waals surface area contributed by atoms with E-state index in [1.807, 2.05) is 6.07 Å². The molecule has 5 nitrogen and oxygen atoms in total. The molecule has 0 radical (unpaired) electrons. The molecule has 0 heterocycles. The normalized spacial score (nSPS) is 11.5. The van der Waals surface area contributed by atoms with E-state index < -0.39 is 10.0 Å². The molecular weight excluding hydrogens is 380 g/mol. The molecule has 0 saturated carbocycles. The van der Waals surface area contributed by atoms with Crippen LogP contribution in [0.15, 0.2) is 57.9 Å². The summed E-state index contributed by atoms with van der Waals surface area (Å²) in [6.45, 7) is 3.51. The molecule has 0 aliphatic rings. The summed E-state index contributed by atoms with van der Waals surface area (Å²) in [5.74, 6) is -0.262. The van der Waals surface area contributed by atoms with E-state index in [2.05, 4.69) is 26.0 Å². The van der Waals surface area contributed by atoms with E-state index in [9.17, 15) is 13.2 Å². The van der Waals surface area contributed by atoms with Crippen LogP contribution in [0.3, 0.4) is 0 Å². The van der Waals surface area contributed by atoms with Crippen molar-refractivity contribution in [2.45, 2.75) is 24.8 Å². The van der Waals surface area contributed by atoms with Gasteiger partial charge in [-0.2, -0.15) is 0 Å². The number of rotatable bonds is 5. The third-order valence-electron chi connectivity index (χ3n) is 2.90. The minimum atomic E-state index is -3.53. The quantitative estimate of drug-likeness (QED) is 0.812. The molecule has 0 bridgehead atoms. The molecule has 23 heavy (non-hydrogen) atoms. The number of carbonyl (C=O) groups is 1. The molecule has 0 unspecified atom stereocenters. The zero-order chi connectivity index (χ0) is 17.0. The number of hydrogen-bond donors (Lipinski definition) is 2. The summed E-state index contributed by atoms with van der Waals surface area (Å²) < 4.78 is 27.4. The lowest BCUT2D eigenvalue weighted by molar-refractivity contribution is 0.102. The van der Waals surface area contributed by atoms with E-state index in [1.54, 1.807) is 44.2 Å². The topological polar surface area (TPSA) is 75.3 Å². The summed E-state index contributed by atoms with van der Waals surface area (Å²) in [7, 11) is -3.53. The fourth-order valence-electron chi connectivity index (χ4n) is 1.93. The lowest BCUT2D eigenvalue weighted by Gasteiger charge is -2.10. The molecule has 1 amide bonds. The van der Waals surface area contributed by atoms with Crippen LogP contribution in [-0.4, -0.2) is 20.4 Å². The maximum absolute atomic E-state index is 12.1. The predicted octanol–water partition coefficient (Wildman–Crippen LogP) is 3.39. The highest BCUT2D eigenvalue weighted by atomic mass is 79.9. The van der Waals surface area contributed by atoms with E-state index in [4.69, 9.17) is 0 Å². The van der Waals surface area contributed by atoms with Crippen molar-refractivity contribution in [3.05, 3.63) is 58.6 Å². The van der Waals surface area contributed by atoms with Gasteiger partial charge in [-0.1, -0.05) is 22.0 Å². The van der Waals surface area contributed by atoms with Crippen molar-refractivity contribution in [2.75, 3.05) is 5.32 Å². The molecule has 0 fully saturated rings. The van der Waals surface area contributed by atoms with E-state index in [0.717, 1.165) is 4.47 Å². The van der Waals surface area contributed by atoms with Gasteiger partial charge in [0.15, 0.2) is 0 Å². The molecule has 0 spiro atoms. The van der Waals surface area contributed by atoms with Crippen molar-refractivity contribution < 1.29 is 13.2 Å². The van der Waals surface area contributed by atoms with Gasteiger partial charge in [-0.3, -0.25) is 4.79 Å². The van der Waals surface area contributed by atoms with Crippen LogP contribution in [0.1, 0.15) is 24.2 Å². The van der Waals surface area contributed by atoms with Gasteiger partial charge in [-0.05, 0) is 56.3 Å². The number of carbonyl (C=O) groups excluding carboxylic acids is 1. The zero-order valence-electron chi connectivity index (χ0n) is 12.7. The van der Waals surface area contributed by atoms with Crippen LogP contribution in [0.2, 0.25) is 0 Å². The van der Waals surface area contributed by atoms with Crippen molar-refractivity contribution in [3.63, 3.8) is 0 Å². The summed E-state index contributed by atoms with van der Waals surface area (Å²) in [6.07, 6.45) is 0. The van der Waals surface area contributed by atoms with Crippen LogP contribution >= 0.6 is 15.9 Å². The van der Waals surface area contributed by atoms with E-state index in [0.29, 0.717) is 11.3 Å². The highest BCUT2D eigenvalue weighted by molar-refractivity contribution is 9.10. The summed E-state index contributed by atoms with van der Waals surface area (Å²) in [6, 6.07) is 12.9. The Morgan fingerprint density at radius 1 is 1.09 bits per heavy atom. The minimum Gasteiger partial charge on any atom is -0.322 e. The molecule has 2 rings (SSSR count). The second kappa shape index (κ2) is 7.25. The van der Waals surface area contributed by atoms with Crippen LogP contribution in [0.5, 0.6) is 0 Å². The van der Waals surface area contributed by atoms with Crippen LogP contribution in [0.25, 0.3) is 0 Å². The molecule has 7 heteroatoms. The van der Waals surface area contributed by atoms with Crippen LogP contribution < -0.4 is 10.0 Å². The van der Waals surface area contributed by atoms with E-state index in [1.165, 1.54) is 12.1 Å². The molecule has 2 aromatic carbocycles. The second-order valence-electron chi connectivity index (χ2n) is 5.26. The Bertz CT molecular complexity index is 802. The number of hydrogen-bond acceptors (Lipinski definition) is 3. The first-order chi connectivity index (χ1) is 10.8. The molecule has 122 valence electrons. The minimum absolute atomic E-state index is 0.159. The number of sulfonamides is 1. The standard InChI is InChI=1S/C16H17BrN2O3S/c1-11(2)19-23(21,22)15-8-6-14(7-9-15)18-16(20)12-4-3-5-13(17)10-12/h3-11,19H,1-2H3,(H,18,20). The SMILES string of the molecule is CC(C)NS(=O)(=O)c1ccc(NC(=O)c2cccc(Br)c2)cc1. The number of amides is 1. The molecule has 2 aromatic rings. The molecule has 0 aliphatic heterocycles. The summed E-state index contributed by atoms with van der Waals surface area (Å²) >= 11 is 3.31. The number of benzene rings is 2. The Morgan fingerprint density at radius 2 is 1.74 bits per heavy atom. The Morgan fingerprint density at radius 3 is 2.30 bits per heavy atom. The van der Waals surface area contributed by atoms with Gasteiger partial charge in [0.05, 0.1) is 4.90 Å². The molecule has 0 aliphatic carbocycles. The van der Waals surface area contributed by atoms with Gasteiger partial charge in [-0.15, -0.1) is 0 Å². The Hall–Kier alpha value is -1.70. The van der Waals surface area contributed by atoms with Gasteiger partial charge in [0.2, 0.25) is 10.0 Å². The highest BCUT2D eigenvalue weighted by Crippen LogP contribution is 2.17. The molecular formula is C16H17BrN2O3S. The van der Waals surface area contributed by atoms with Crippen molar-refractivity contribution in [2.24, 2.45) is 0 Å². The fraction of sp³-hybridized carbons (Fsp3) is 0.188. The van der Waals surface area contributed by atoms with Crippen LogP contribution in [0, 0.1) is 0 Å². The number of anilines is 1. The van der Waals surface area contributed by atoms with Gasteiger partial charge >= 0.3 is 0 Å². The third-order valence-corrected chi connectivity index (χ3v) is 5.07. The maximum atomic E-state index is 12.1. The van der Waals surface area contributed by atoms with E-state index >= 15 is 0 Å². The zero-order valence-corrected chi connectivity index (χ0v) is 15.1. The summed E-state index contributed by atoms with van der Waals surface area (Å²) in [4.78, 5) is 12.3. The van der Waals surface area contributed by atoms with Crippen molar-refractivity contribution >= 4 is 37.5 Å². The Balaban J connectivity index is 2.13. The average Bonchev–Trinajstić information content (AvgIpc) is 2.46. The monoisotopic (exact) mass is 396 g/mol. The number of nitrogens with one attached hydrogen (secondary N) is 2. The Labute approximate surface area is 144 Å². The van der Waals surface area contributed by atoms with Gasteiger partial charge in [0.1, 0.15) is 0 Å². The molecule has 2 N–H and O–H groups in total. The maximum Gasteiger partial charge on any atom is 0.255 e. The van der Waals surface area contributed by atoms with Crippen molar-refractivity contribution in [3.8, 4) is 0 Å².